The molecule has 0 spiro atoms. The number of likely N-dealkylation sites (N-methyl/N-ethyl adjacent to an activating group) is 1. The Morgan fingerprint density at radius 1 is 1.27 bits per heavy atom. The molecule has 0 rings (SSSR count). The van der Waals surface area contributed by atoms with Crippen LogP contribution in [0.2, 0.25) is 0 Å². The van der Waals surface area contributed by atoms with Gasteiger partial charge in [-0.3, -0.25) is 5.32 Å². The average molecular weight is 164 g/mol. The maximum atomic E-state index is 9.93. The van der Waals surface area contributed by atoms with Crippen LogP contribution in [0, 0.1) is 0 Å². The quantitative estimate of drug-likeness (QED) is 0.370. The van der Waals surface area contributed by atoms with Gasteiger partial charge in [0.1, 0.15) is 0 Å². The molecule has 0 unspecified atom stereocenters. The molecule has 0 bridgehead atoms. The first-order chi connectivity index (χ1) is 5.09. The highest BCUT2D eigenvalue weighted by Crippen LogP contribution is 1.80. The smallest absolute Gasteiger partial charge is 0.332 e. The van der Waals surface area contributed by atoms with Crippen molar-refractivity contribution in [2.24, 2.45) is 5.73 Å². The third kappa shape index (κ3) is 5.31. The van der Waals surface area contributed by atoms with Crippen molar-refractivity contribution in [3.05, 3.63) is 0 Å². The van der Waals surface area contributed by atoms with Gasteiger partial charge in [0.05, 0.1) is 0 Å². The van der Waals surface area contributed by atoms with E-state index in [1.165, 1.54) is 14.1 Å². The zero-order valence-corrected chi connectivity index (χ0v) is 6.37. The highest BCUT2D eigenvalue weighted by Gasteiger charge is 2.22. The average Bonchev–Trinajstić information content (AvgIpc) is 1.91. The van der Waals surface area contributed by atoms with Crippen molar-refractivity contribution >= 4 is 11.9 Å². The second kappa shape index (κ2) is 6.97. The Balaban J connectivity index is 0. The second-order valence-electron chi connectivity index (χ2n) is 1.40. The molecule has 0 atom stereocenters. The summed E-state index contributed by atoms with van der Waals surface area (Å²) in [5.74, 6) is -2.77. The van der Waals surface area contributed by atoms with E-state index in [-0.39, 0.29) is 0 Å². The number of rotatable bonds is 3. The van der Waals surface area contributed by atoms with Gasteiger partial charge in [0.2, 0.25) is 6.04 Å². The third-order valence-corrected chi connectivity index (χ3v) is 0.783. The van der Waals surface area contributed by atoms with Crippen LogP contribution in [0.1, 0.15) is 0 Å². The summed E-state index contributed by atoms with van der Waals surface area (Å²) in [7, 11) is 2.77. The van der Waals surface area contributed by atoms with Crippen molar-refractivity contribution in [3.63, 3.8) is 0 Å². The van der Waals surface area contributed by atoms with E-state index in [2.05, 4.69) is 11.1 Å². The molecule has 0 amide bonds. The summed E-state index contributed by atoms with van der Waals surface area (Å²) in [5.41, 5.74) is 4.50. The number of carboxylic acid groups (broad SMARTS) is 2. The summed E-state index contributed by atoms with van der Waals surface area (Å²) in [5, 5.41) is 18.3. The maximum Gasteiger partial charge on any atom is 0.332 e. The lowest BCUT2D eigenvalue weighted by atomic mass is 10.3. The fourth-order valence-corrected chi connectivity index (χ4v) is 0.353. The minimum atomic E-state index is -1.50. The summed E-state index contributed by atoms with van der Waals surface area (Å²) in [6, 6.07) is -1.50. The van der Waals surface area contributed by atoms with Crippen LogP contribution >= 0.6 is 0 Å². The summed E-state index contributed by atoms with van der Waals surface area (Å²) < 4.78 is 0. The number of carbonyl (C=O) groups is 2. The van der Waals surface area contributed by atoms with Gasteiger partial charge >= 0.3 is 11.9 Å². The van der Waals surface area contributed by atoms with Gasteiger partial charge in [0, 0.05) is 0 Å². The van der Waals surface area contributed by atoms with Gasteiger partial charge < -0.3 is 15.9 Å². The molecule has 11 heavy (non-hydrogen) atoms. The summed E-state index contributed by atoms with van der Waals surface area (Å²) in [6.07, 6.45) is 0. The van der Waals surface area contributed by atoms with Crippen molar-refractivity contribution in [2.45, 2.75) is 6.04 Å². The van der Waals surface area contributed by atoms with Gasteiger partial charge in [-0.1, -0.05) is 0 Å². The van der Waals surface area contributed by atoms with Gasteiger partial charge in [-0.25, -0.2) is 9.59 Å². The van der Waals surface area contributed by atoms with Gasteiger partial charge in [-0.2, -0.15) is 0 Å². The van der Waals surface area contributed by atoms with Crippen LogP contribution in [0.5, 0.6) is 0 Å². The normalized spacial score (nSPS) is 8.36. The first-order valence-corrected chi connectivity index (χ1v) is 2.80. The molecule has 0 aliphatic carbocycles. The van der Waals surface area contributed by atoms with Gasteiger partial charge in [0.25, 0.3) is 0 Å². The van der Waals surface area contributed by atoms with Crippen LogP contribution in [0.15, 0.2) is 0 Å². The van der Waals surface area contributed by atoms with E-state index in [0.717, 1.165) is 0 Å². The Kier molecular flexibility index (Phi) is 7.94. The molecule has 6 nitrogen and oxygen atoms in total. The van der Waals surface area contributed by atoms with Crippen molar-refractivity contribution in [3.8, 4) is 0 Å². The van der Waals surface area contributed by atoms with E-state index in [1.54, 1.807) is 0 Å². The van der Waals surface area contributed by atoms with Crippen molar-refractivity contribution < 1.29 is 19.8 Å². The highest BCUT2D eigenvalue weighted by molar-refractivity contribution is 5.97. The van der Waals surface area contributed by atoms with Gasteiger partial charge in [-0.15, -0.1) is 0 Å². The Morgan fingerprint density at radius 3 is 1.55 bits per heavy atom. The minimum Gasteiger partial charge on any atom is -0.480 e. The molecule has 0 aromatic heterocycles. The molecule has 0 saturated heterocycles. The predicted octanol–water partition coefficient (Wildman–Crippen LogP) is -1.68. The predicted molar refractivity (Wildman–Crippen MR) is 38.2 cm³/mol. The SMILES string of the molecule is CN.CNC(C(=O)O)C(=O)O. The van der Waals surface area contributed by atoms with Gasteiger partial charge in [-0.05, 0) is 14.1 Å². The molecule has 0 aromatic carbocycles. The third-order valence-electron chi connectivity index (χ3n) is 0.783. The van der Waals surface area contributed by atoms with E-state index in [4.69, 9.17) is 10.2 Å². The number of nitrogens with one attached hydrogen (secondary N) is 1. The molecule has 5 N–H and O–H groups in total. The standard InChI is InChI=1S/C4H7NO4.CH5N/c1-5-2(3(6)7)4(8)9;1-2/h2,5H,1H3,(H,6,7)(H,8,9);2H2,1H3. The first-order valence-electron chi connectivity index (χ1n) is 2.80. The molecule has 0 saturated carbocycles. The number of hydrogen-bond acceptors (Lipinski definition) is 4. The van der Waals surface area contributed by atoms with E-state index in [0.29, 0.717) is 0 Å². The Morgan fingerprint density at radius 2 is 1.55 bits per heavy atom. The lowest BCUT2D eigenvalue weighted by Crippen LogP contribution is -2.40. The molecule has 0 heterocycles. The lowest BCUT2D eigenvalue weighted by Gasteiger charge is -2.02. The lowest BCUT2D eigenvalue weighted by molar-refractivity contribution is -0.150. The monoisotopic (exact) mass is 164 g/mol. The number of hydrogen-bond donors (Lipinski definition) is 4. The molecule has 6 heteroatoms. The van der Waals surface area contributed by atoms with Crippen molar-refractivity contribution in [1.29, 1.82) is 0 Å². The van der Waals surface area contributed by atoms with Crippen LogP contribution in [0.4, 0.5) is 0 Å². The fourth-order valence-electron chi connectivity index (χ4n) is 0.353. The van der Waals surface area contributed by atoms with Crippen LogP contribution in [0.3, 0.4) is 0 Å². The number of aliphatic carboxylic acids is 2. The van der Waals surface area contributed by atoms with E-state index in [1.807, 2.05) is 0 Å². The summed E-state index contributed by atoms with van der Waals surface area (Å²) in [6.45, 7) is 0. The molecular weight excluding hydrogens is 152 g/mol. The topological polar surface area (TPSA) is 113 Å². The van der Waals surface area contributed by atoms with E-state index >= 15 is 0 Å². The van der Waals surface area contributed by atoms with Gasteiger partial charge in [0.15, 0.2) is 0 Å². The molecular formula is C5H12N2O4. The van der Waals surface area contributed by atoms with Crippen LogP contribution in [-0.2, 0) is 9.59 Å². The highest BCUT2D eigenvalue weighted by atomic mass is 16.4. The zero-order valence-electron chi connectivity index (χ0n) is 6.37. The zero-order chi connectivity index (χ0) is 9.44. The molecule has 0 aromatic rings. The van der Waals surface area contributed by atoms with Crippen molar-refractivity contribution in [1.82, 2.24) is 5.32 Å². The minimum absolute atomic E-state index is 1.27. The number of nitrogens with two attached hydrogens (primary N) is 1. The molecule has 0 radical (unpaired) electrons. The summed E-state index contributed by atoms with van der Waals surface area (Å²) in [4.78, 5) is 19.9. The second-order valence-corrected chi connectivity index (χ2v) is 1.40. The fraction of sp³-hybridized carbons (Fsp3) is 0.600. The Bertz CT molecular complexity index is 122. The largest absolute Gasteiger partial charge is 0.480 e. The van der Waals surface area contributed by atoms with Crippen molar-refractivity contribution in [2.75, 3.05) is 14.1 Å². The molecule has 0 aliphatic rings. The molecule has 0 aliphatic heterocycles. The number of carboxylic acids is 2. The maximum absolute atomic E-state index is 9.93. The van der Waals surface area contributed by atoms with Crippen LogP contribution < -0.4 is 11.1 Å². The van der Waals surface area contributed by atoms with E-state index < -0.39 is 18.0 Å². The van der Waals surface area contributed by atoms with E-state index in [9.17, 15) is 9.59 Å². The van der Waals surface area contributed by atoms with Crippen LogP contribution in [-0.4, -0.2) is 42.3 Å². The Labute approximate surface area is 64.0 Å². The summed E-state index contributed by atoms with van der Waals surface area (Å²) >= 11 is 0. The molecule has 0 fully saturated rings. The molecule has 66 valence electrons. The van der Waals surface area contributed by atoms with Crippen LogP contribution in [0.25, 0.3) is 0 Å². The first kappa shape index (κ1) is 12.5. The Hall–Kier alpha value is -1.14.